The minimum absolute atomic E-state index is 0.0751. The molecule has 1 saturated carbocycles. The van der Waals surface area contributed by atoms with Gasteiger partial charge in [0.05, 0.1) is 10.5 Å². The van der Waals surface area contributed by atoms with Crippen molar-refractivity contribution >= 4 is 45.1 Å². The van der Waals surface area contributed by atoms with Crippen LogP contribution >= 0.6 is 34.2 Å². The smallest absolute Gasteiger partial charge is 0.189 e. The molecule has 94 valence electrons. The first-order valence-electron chi connectivity index (χ1n) is 6.17. The Labute approximate surface area is 124 Å². The molecule has 1 aromatic carbocycles. The van der Waals surface area contributed by atoms with Gasteiger partial charge in [-0.2, -0.15) is 0 Å². The lowest BCUT2D eigenvalue weighted by molar-refractivity contribution is 0.700. The van der Waals surface area contributed by atoms with E-state index >= 15 is 0 Å². The summed E-state index contributed by atoms with van der Waals surface area (Å²) in [5.41, 5.74) is 1.91. The van der Waals surface area contributed by atoms with E-state index in [2.05, 4.69) is 27.6 Å². The van der Waals surface area contributed by atoms with Gasteiger partial charge in [-0.25, -0.2) is 0 Å². The fraction of sp³-hybridized carbons (Fsp3) is 0.357. The van der Waals surface area contributed by atoms with Gasteiger partial charge < -0.3 is 4.98 Å². The molecular weight excluding hydrogens is 361 g/mol. The molecule has 1 aromatic heterocycles. The Morgan fingerprint density at radius 2 is 1.94 bits per heavy atom. The van der Waals surface area contributed by atoms with Crippen molar-refractivity contribution in [3.05, 3.63) is 42.7 Å². The largest absolute Gasteiger partial charge is 0.357 e. The molecule has 0 saturated heterocycles. The molecule has 1 heterocycles. The van der Waals surface area contributed by atoms with Crippen molar-refractivity contribution in [2.45, 2.75) is 31.6 Å². The summed E-state index contributed by atoms with van der Waals surface area (Å²) in [6, 6.07) is 5.53. The predicted molar refractivity (Wildman–Crippen MR) is 83.5 cm³/mol. The summed E-state index contributed by atoms with van der Waals surface area (Å²) in [5, 5.41) is 1.32. The second-order valence-electron chi connectivity index (χ2n) is 4.88. The van der Waals surface area contributed by atoms with Crippen LogP contribution in [0.2, 0.25) is 5.02 Å². The second-order valence-corrected chi connectivity index (χ2v) is 6.53. The molecule has 0 unspecified atom stereocenters. The molecule has 1 aliphatic rings. The topological polar surface area (TPSA) is 32.9 Å². The van der Waals surface area contributed by atoms with Crippen molar-refractivity contribution in [3.63, 3.8) is 0 Å². The van der Waals surface area contributed by atoms with E-state index in [0.29, 0.717) is 16.3 Å². The number of aromatic amines is 1. The van der Waals surface area contributed by atoms with E-state index in [1.165, 1.54) is 25.7 Å². The Balaban J connectivity index is 2.23. The fourth-order valence-corrected chi connectivity index (χ4v) is 3.82. The van der Waals surface area contributed by atoms with E-state index in [0.717, 1.165) is 14.8 Å². The van der Waals surface area contributed by atoms with E-state index in [9.17, 15) is 4.79 Å². The summed E-state index contributed by atoms with van der Waals surface area (Å²) >= 11 is 8.42. The summed E-state index contributed by atoms with van der Waals surface area (Å²) in [5.74, 6) is 0.498. The second kappa shape index (κ2) is 4.85. The van der Waals surface area contributed by atoms with Gasteiger partial charge in [0, 0.05) is 20.7 Å². The fourth-order valence-electron chi connectivity index (χ4n) is 2.75. The Bertz CT molecular complexity index is 659. The lowest BCUT2D eigenvalue weighted by atomic mass is 10.0. The van der Waals surface area contributed by atoms with Gasteiger partial charge in [-0.3, -0.25) is 4.79 Å². The molecule has 4 heteroatoms. The third-order valence-corrected chi connectivity index (χ3v) is 4.59. The zero-order chi connectivity index (χ0) is 12.7. The molecule has 3 rings (SSSR count). The lowest BCUT2D eigenvalue weighted by Gasteiger charge is -2.11. The third kappa shape index (κ3) is 2.18. The highest BCUT2D eigenvalue weighted by Crippen LogP contribution is 2.33. The van der Waals surface area contributed by atoms with Crippen molar-refractivity contribution in [1.29, 1.82) is 0 Å². The van der Waals surface area contributed by atoms with Crippen LogP contribution in [-0.4, -0.2) is 4.98 Å². The Morgan fingerprint density at radius 1 is 1.22 bits per heavy atom. The quantitative estimate of drug-likeness (QED) is 0.736. The summed E-state index contributed by atoms with van der Waals surface area (Å²) < 4.78 is 0.990. The number of hydrogen-bond donors (Lipinski definition) is 1. The molecule has 1 aliphatic carbocycles. The Kier molecular flexibility index (Phi) is 3.36. The number of H-pyrrole nitrogens is 1. The van der Waals surface area contributed by atoms with E-state index < -0.39 is 0 Å². The van der Waals surface area contributed by atoms with E-state index in [1.807, 2.05) is 12.1 Å². The zero-order valence-corrected chi connectivity index (χ0v) is 12.7. The van der Waals surface area contributed by atoms with Crippen molar-refractivity contribution in [3.8, 4) is 0 Å². The molecular formula is C14H13ClINO. The maximum atomic E-state index is 12.2. The number of aromatic nitrogens is 1. The van der Waals surface area contributed by atoms with Crippen LogP contribution in [0.1, 0.15) is 37.3 Å². The number of benzene rings is 1. The van der Waals surface area contributed by atoms with Crippen LogP contribution in [0.4, 0.5) is 0 Å². The van der Waals surface area contributed by atoms with Gasteiger partial charge in [0.2, 0.25) is 0 Å². The minimum atomic E-state index is 0.0751. The summed E-state index contributed by atoms with van der Waals surface area (Å²) in [7, 11) is 0. The van der Waals surface area contributed by atoms with Crippen molar-refractivity contribution in [1.82, 2.24) is 4.98 Å². The molecule has 2 aromatic rings. The Hall–Kier alpha value is -0.550. The standard InChI is InChI=1S/C14H13ClINO/c15-11-6-9(16)5-10-13(18)7-12(17-14(10)11)8-3-1-2-4-8/h5-8H,1-4H2,(H,17,18). The molecule has 0 spiro atoms. The molecule has 1 N–H and O–H groups in total. The van der Waals surface area contributed by atoms with E-state index in [-0.39, 0.29) is 5.43 Å². The van der Waals surface area contributed by atoms with Gasteiger partial charge in [-0.1, -0.05) is 24.4 Å². The molecule has 0 radical (unpaired) electrons. The maximum Gasteiger partial charge on any atom is 0.189 e. The third-order valence-electron chi connectivity index (χ3n) is 3.67. The molecule has 18 heavy (non-hydrogen) atoms. The van der Waals surface area contributed by atoms with E-state index in [1.54, 1.807) is 6.07 Å². The van der Waals surface area contributed by atoms with Crippen molar-refractivity contribution in [2.24, 2.45) is 0 Å². The average molecular weight is 374 g/mol. The first-order valence-corrected chi connectivity index (χ1v) is 7.63. The van der Waals surface area contributed by atoms with Gasteiger partial charge in [0.15, 0.2) is 5.43 Å². The highest BCUT2D eigenvalue weighted by Gasteiger charge is 2.19. The van der Waals surface area contributed by atoms with Gasteiger partial charge >= 0.3 is 0 Å². The first kappa shape index (κ1) is 12.5. The van der Waals surface area contributed by atoms with Gasteiger partial charge in [-0.15, -0.1) is 0 Å². The lowest BCUT2D eigenvalue weighted by Crippen LogP contribution is -2.08. The number of fused-ring (bicyclic) bond motifs is 1. The van der Waals surface area contributed by atoms with Crippen LogP contribution in [-0.2, 0) is 0 Å². The molecule has 0 aliphatic heterocycles. The van der Waals surface area contributed by atoms with Crippen LogP contribution in [0.5, 0.6) is 0 Å². The van der Waals surface area contributed by atoms with Crippen LogP contribution in [0.25, 0.3) is 10.9 Å². The first-order chi connectivity index (χ1) is 8.65. The number of nitrogens with one attached hydrogen (secondary N) is 1. The normalized spacial score (nSPS) is 16.6. The minimum Gasteiger partial charge on any atom is -0.357 e. The van der Waals surface area contributed by atoms with Crippen molar-refractivity contribution < 1.29 is 0 Å². The van der Waals surface area contributed by atoms with Crippen molar-refractivity contribution in [2.75, 3.05) is 0 Å². The van der Waals surface area contributed by atoms with Crippen LogP contribution in [0, 0.1) is 3.57 Å². The van der Waals surface area contributed by atoms with Gasteiger partial charge in [0.25, 0.3) is 0 Å². The number of rotatable bonds is 1. The summed E-state index contributed by atoms with van der Waals surface area (Å²) in [6.07, 6.45) is 4.85. The van der Waals surface area contributed by atoms with Crippen LogP contribution < -0.4 is 5.43 Å². The number of halogens is 2. The molecule has 1 fully saturated rings. The predicted octanol–water partition coefficient (Wildman–Crippen LogP) is 4.44. The molecule has 2 nitrogen and oxygen atoms in total. The zero-order valence-electron chi connectivity index (χ0n) is 9.80. The average Bonchev–Trinajstić information content (AvgIpc) is 2.83. The number of hydrogen-bond acceptors (Lipinski definition) is 1. The van der Waals surface area contributed by atoms with Gasteiger partial charge in [-0.05, 0) is 53.5 Å². The summed E-state index contributed by atoms with van der Waals surface area (Å²) in [6.45, 7) is 0. The van der Waals surface area contributed by atoms with Crippen LogP contribution in [0.3, 0.4) is 0 Å². The van der Waals surface area contributed by atoms with Crippen LogP contribution in [0.15, 0.2) is 23.0 Å². The maximum absolute atomic E-state index is 12.2. The highest BCUT2D eigenvalue weighted by atomic mass is 127. The highest BCUT2D eigenvalue weighted by molar-refractivity contribution is 14.1. The molecule has 0 amide bonds. The summed E-state index contributed by atoms with van der Waals surface area (Å²) in [4.78, 5) is 15.5. The van der Waals surface area contributed by atoms with E-state index in [4.69, 9.17) is 11.6 Å². The van der Waals surface area contributed by atoms with Gasteiger partial charge in [0.1, 0.15) is 0 Å². The Morgan fingerprint density at radius 3 is 2.67 bits per heavy atom. The molecule has 0 atom stereocenters. The number of pyridine rings is 1. The molecule has 0 bridgehead atoms. The monoisotopic (exact) mass is 373 g/mol. The SMILES string of the molecule is O=c1cc(C2CCCC2)[nH]c2c(Cl)cc(I)cc12.